The number of nitrogens with zero attached hydrogens (tertiary/aromatic N) is 3. The van der Waals surface area contributed by atoms with Crippen molar-refractivity contribution in [3.63, 3.8) is 0 Å². The summed E-state index contributed by atoms with van der Waals surface area (Å²) in [5.74, 6) is -1.15. The maximum atomic E-state index is 14.0. The van der Waals surface area contributed by atoms with Gasteiger partial charge in [0.1, 0.15) is 29.2 Å². The van der Waals surface area contributed by atoms with Crippen molar-refractivity contribution in [2.75, 3.05) is 0 Å². The molecule has 0 fully saturated rings. The summed E-state index contributed by atoms with van der Waals surface area (Å²) in [5.41, 5.74) is 2.46. The van der Waals surface area contributed by atoms with E-state index in [-0.39, 0.29) is 35.9 Å². The van der Waals surface area contributed by atoms with Crippen LogP contribution in [0, 0.1) is 11.6 Å². The Morgan fingerprint density at radius 2 is 1.65 bits per heavy atom. The molecule has 0 unspecified atom stereocenters. The summed E-state index contributed by atoms with van der Waals surface area (Å²) in [7, 11) is 0. The fraction of sp³-hybridized carbons (Fsp3) is 0.115. The third-order valence-corrected chi connectivity index (χ3v) is 5.69. The topological polar surface area (TPSA) is 68.9 Å². The number of carbonyl (C=O) groups is 1. The molecule has 5 aromatic rings. The van der Waals surface area contributed by atoms with Gasteiger partial charge in [-0.2, -0.15) is 0 Å². The molecule has 1 amide bonds. The van der Waals surface area contributed by atoms with Gasteiger partial charge in [0.2, 0.25) is 5.91 Å². The molecular weight excluding hydrogens is 438 g/mol. The van der Waals surface area contributed by atoms with Crippen LogP contribution in [0.3, 0.4) is 0 Å². The second-order valence-electron chi connectivity index (χ2n) is 8.01. The summed E-state index contributed by atoms with van der Waals surface area (Å²) < 4.78 is 30.2. The maximum Gasteiger partial charge on any atom is 0.278 e. The Morgan fingerprint density at radius 3 is 2.41 bits per heavy atom. The van der Waals surface area contributed by atoms with Gasteiger partial charge >= 0.3 is 0 Å². The van der Waals surface area contributed by atoms with Gasteiger partial charge in [0.05, 0.1) is 18.4 Å². The molecule has 0 aliphatic rings. The molecule has 0 bridgehead atoms. The molecule has 8 heteroatoms. The highest BCUT2D eigenvalue weighted by Gasteiger charge is 2.19. The third kappa shape index (κ3) is 4.17. The molecule has 5 rings (SSSR count). The predicted molar refractivity (Wildman–Crippen MR) is 125 cm³/mol. The Hall–Kier alpha value is -4.33. The number of fused-ring (bicyclic) bond motifs is 3. The number of aromatic nitrogens is 3. The molecule has 2 heterocycles. The summed E-state index contributed by atoms with van der Waals surface area (Å²) in [4.78, 5) is 30.7. The van der Waals surface area contributed by atoms with Gasteiger partial charge in [-0.3, -0.25) is 14.2 Å². The third-order valence-electron chi connectivity index (χ3n) is 5.69. The average molecular weight is 458 g/mol. The molecule has 1 N–H and O–H groups in total. The first kappa shape index (κ1) is 21.5. The first-order valence-corrected chi connectivity index (χ1v) is 10.7. The summed E-state index contributed by atoms with van der Waals surface area (Å²) in [5, 5.41) is 3.25. The Balaban J connectivity index is 1.53. The first-order valence-electron chi connectivity index (χ1n) is 10.7. The van der Waals surface area contributed by atoms with Crippen molar-refractivity contribution in [3.8, 4) is 0 Å². The second-order valence-corrected chi connectivity index (χ2v) is 8.01. The number of amides is 1. The zero-order valence-corrected chi connectivity index (χ0v) is 18.0. The molecule has 0 saturated carbocycles. The van der Waals surface area contributed by atoms with E-state index in [2.05, 4.69) is 10.3 Å². The molecule has 2 aromatic heterocycles. The number of hydrogen-bond acceptors (Lipinski definition) is 3. The van der Waals surface area contributed by atoms with E-state index in [1.54, 1.807) is 22.8 Å². The van der Waals surface area contributed by atoms with E-state index in [4.69, 9.17) is 0 Å². The van der Waals surface area contributed by atoms with Crippen molar-refractivity contribution < 1.29 is 13.6 Å². The van der Waals surface area contributed by atoms with Gasteiger partial charge in [-0.15, -0.1) is 0 Å². The summed E-state index contributed by atoms with van der Waals surface area (Å²) in [6, 6.07) is 19.5. The molecule has 0 atom stereocenters. The minimum absolute atomic E-state index is 0.154. The molecule has 6 nitrogen and oxygen atoms in total. The summed E-state index contributed by atoms with van der Waals surface area (Å²) in [6.45, 7) is 0.371. The molecule has 0 saturated heterocycles. The Morgan fingerprint density at radius 1 is 0.912 bits per heavy atom. The number of carbonyl (C=O) groups excluding carboxylic acids is 1. The lowest BCUT2D eigenvalue weighted by Gasteiger charge is -2.10. The Labute approximate surface area is 193 Å². The van der Waals surface area contributed by atoms with Crippen molar-refractivity contribution in [1.82, 2.24) is 19.4 Å². The fourth-order valence-electron chi connectivity index (χ4n) is 4.03. The maximum absolute atomic E-state index is 14.0. The average Bonchev–Trinajstić information content (AvgIpc) is 3.14. The van der Waals surface area contributed by atoms with E-state index in [9.17, 15) is 18.4 Å². The first-order chi connectivity index (χ1) is 16.5. The largest absolute Gasteiger partial charge is 0.350 e. The lowest BCUT2D eigenvalue weighted by Crippen LogP contribution is -2.29. The van der Waals surface area contributed by atoms with Gasteiger partial charge in [-0.25, -0.2) is 13.8 Å². The Kier molecular flexibility index (Phi) is 5.63. The van der Waals surface area contributed by atoms with Gasteiger partial charge in [0.15, 0.2) is 0 Å². The number of halogens is 2. The molecule has 0 aliphatic carbocycles. The summed E-state index contributed by atoms with van der Waals surface area (Å²) in [6.07, 6.45) is 1.45. The van der Waals surface area contributed by atoms with E-state index < -0.39 is 5.82 Å². The smallest absolute Gasteiger partial charge is 0.278 e. The van der Waals surface area contributed by atoms with Crippen LogP contribution in [-0.4, -0.2) is 20.0 Å². The van der Waals surface area contributed by atoms with Crippen molar-refractivity contribution in [3.05, 3.63) is 112 Å². The number of rotatable bonds is 6. The van der Waals surface area contributed by atoms with Gasteiger partial charge in [0, 0.05) is 11.9 Å². The van der Waals surface area contributed by atoms with Crippen LogP contribution >= 0.6 is 0 Å². The van der Waals surface area contributed by atoms with Crippen molar-refractivity contribution in [2.24, 2.45) is 0 Å². The summed E-state index contributed by atoms with van der Waals surface area (Å²) >= 11 is 0. The van der Waals surface area contributed by atoms with Crippen LogP contribution in [-0.2, 0) is 24.4 Å². The van der Waals surface area contributed by atoms with Gasteiger partial charge in [-0.05, 0) is 41.5 Å². The van der Waals surface area contributed by atoms with Crippen molar-refractivity contribution in [1.29, 1.82) is 0 Å². The van der Waals surface area contributed by atoms with Gasteiger partial charge in [-0.1, -0.05) is 42.5 Å². The standard InChI is InChI=1S/C26H20F2N4O2/c27-19-8-6-17(7-9-19)13-29-23(33)15-32-22-11-10-20(28)12-21(22)24-25(32)26(34)31(16-30-24)14-18-4-2-1-3-5-18/h1-12,16H,13-15H2,(H,29,33). The van der Waals surface area contributed by atoms with Crippen LogP contribution < -0.4 is 10.9 Å². The van der Waals surface area contributed by atoms with E-state index in [1.165, 1.54) is 35.2 Å². The normalized spacial score (nSPS) is 11.2. The van der Waals surface area contributed by atoms with E-state index in [0.29, 0.717) is 23.0 Å². The van der Waals surface area contributed by atoms with E-state index >= 15 is 0 Å². The van der Waals surface area contributed by atoms with Crippen LogP contribution in [0.15, 0.2) is 83.9 Å². The fourth-order valence-corrected chi connectivity index (χ4v) is 4.03. The van der Waals surface area contributed by atoms with E-state index in [0.717, 1.165) is 11.1 Å². The zero-order chi connectivity index (χ0) is 23.7. The lowest BCUT2D eigenvalue weighted by molar-refractivity contribution is -0.121. The highest BCUT2D eigenvalue weighted by atomic mass is 19.1. The molecule has 0 radical (unpaired) electrons. The van der Waals surface area contributed by atoms with Gasteiger partial charge in [0.25, 0.3) is 5.56 Å². The molecule has 0 spiro atoms. The van der Waals surface area contributed by atoms with Crippen LogP contribution in [0.25, 0.3) is 21.9 Å². The van der Waals surface area contributed by atoms with Gasteiger partial charge < -0.3 is 9.88 Å². The molecule has 34 heavy (non-hydrogen) atoms. The predicted octanol–water partition coefficient (Wildman–Crippen LogP) is 3.99. The number of benzene rings is 3. The molecule has 3 aromatic carbocycles. The monoisotopic (exact) mass is 458 g/mol. The van der Waals surface area contributed by atoms with Crippen LogP contribution in [0.2, 0.25) is 0 Å². The quantitative estimate of drug-likeness (QED) is 0.418. The highest BCUT2D eigenvalue weighted by Crippen LogP contribution is 2.26. The highest BCUT2D eigenvalue weighted by molar-refractivity contribution is 6.06. The lowest BCUT2D eigenvalue weighted by atomic mass is 10.2. The number of hydrogen-bond donors (Lipinski definition) is 1. The van der Waals surface area contributed by atoms with Crippen molar-refractivity contribution in [2.45, 2.75) is 19.6 Å². The SMILES string of the molecule is O=C(Cn1c2ccc(F)cc2c2ncn(Cc3ccccc3)c(=O)c21)NCc1ccc(F)cc1. The van der Waals surface area contributed by atoms with Crippen LogP contribution in [0.1, 0.15) is 11.1 Å². The minimum atomic E-state index is -0.456. The number of nitrogens with one attached hydrogen (secondary N) is 1. The van der Waals surface area contributed by atoms with Crippen LogP contribution in [0.4, 0.5) is 8.78 Å². The molecule has 170 valence electrons. The Bertz CT molecular complexity index is 1560. The van der Waals surface area contributed by atoms with Crippen molar-refractivity contribution >= 4 is 27.8 Å². The zero-order valence-electron chi connectivity index (χ0n) is 18.0. The van der Waals surface area contributed by atoms with E-state index in [1.807, 2.05) is 30.3 Å². The minimum Gasteiger partial charge on any atom is -0.350 e. The second kappa shape index (κ2) is 8.90. The van der Waals surface area contributed by atoms with Crippen LogP contribution in [0.5, 0.6) is 0 Å². The molecular formula is C26H20F2N4O2. The molecule has 0 aliphatic heterocycles.